The van der Waals surface area contributed by atoms with Gasteiger partial charge < -0.3 is 20.1 Å². The summed E-state index contributed by atoms with van der Waals surface area (Å²) >= 11 is 0. The van der Waals surface area contributed by atoms with E-state index in [2.05, 4.69) is 46.7 Å². The molecule has 196 valence electrons. The summed E-state index contributed by atoms with van der Waals surface area (Å²) in [4.78, 5) is 27.7. The molecule has 1 aromatic heterocycles. The lowest BCUT2D eigenvalue weighted by atomic mass is 10.0. The van der Waals surface area contributed by atoms with Crippen LogP contribution in [0, 0.1) is 0 Å². The number of aliphatic carboxylic acids is 1. The molecule has 0 aliphatic heterocycles. The number of rotatable bonds is 11. The van der Waals surface area contributed by atoms with Gasteiger partial charge in [-0.2, -0.15) is 0 Å². The Balaban J connectivity index is 1.15. The Bertz CT molecular complexity index is 1640. The zero-order chi connectivity index (χ0) is 27.2. The normalized spacial score (nSPS) is 12.4. The molecule has 1 heterocycles. The molecule has 0 aliphatic rings. The summed E-state index contributed by atoms with van der Waals surface area (Å²) in [6.07, 6.45) is 2.47. The molecule has 0 spiro atoms. The smallest absolute Gasteiger partial charge is 0.326 e. The molecule has 1 atom stereocenters. The van der Waals surface area contributed by atoms with Gasteiger partial charge in [0.2, 0.25) is 0 Å². The zero-order valence-corrected chi connectivity index (χ0v) is 21.7. The number of H-pyrrole nitrogens is 1. The van der Waals surface area contributed by atoms with Crippen molar-refractivity contribution in [2.75, 3.05) is 6.61 Å². The minimum Gasteiger partial charge on any atom is -0.493 e. The van der Waals surface area contributed by atoms with Crippen LogP contribution in [0.3, 0.4) is 0 Å². The molecule has 5 aromatic rings. The number of carbonyl (C=O) groups excluding carboxylic acids is 1. The number of carbonyl (C=O) groups is 2. The predicted octanol–water partition coefficient (Wildman–Crippen LogP) is 6.31. The van der Waals surface area contributed by atoms with Crippen molar-refractivity contribution >= 4 is 33.6 Å². The monoisotopic (exact) mass is 518 g/mol. The fourth-order valence-electron chi connectivity index (χ4n) is 4.70. The Morgan fingerprint density at radius 2 is 1.56 bits per heavy atom. The van der Waals surface area contributed by atoms with E-state index in [9.17, 15) is 14.7 Å². The van der Waals surface area contributed by atoms with E-state index in [1.807, 2.05) is 36.4 Å². The van der Waals surface area contributed by atoms with Crippen LogP contribution < -0.4 is 10.1 Å². The van der Waals surface area contributed by atoms with Gasteiger partial charge in [-0.05, 0) is 42.3 Å². The first-order chi connectivity index (χ1) is 19.0. The molecular formula is C33H30N2O4. The van der Waals surface area contributed by atoms with Crippen molar-refractivity contribution in [2.45, 2.75) is 25.8 Å². The summed E-state index contributed by atoms with van der Waals surface area (Å²) in [6, 6.07) is 30.2. The SMILES string of the molecule is CC(=CC(=O)c1ccccc1)NC(Cc1ccc(OCCc2ccc3c(c2)[nH]c2ccccc23)cc1)C(=O)O. The maximum Gasteiger partial charge on any atom is 0.326 e. The number of hydrogen-bond acceptors (Lipinski definition) is 4. The molecule has 3 N–H and O–H groups in total. The quantitative estimate of drug-likeness (QED) is 0.141. The summed E-state index contributed by atoms with van der Waals surface area (Å²) in [5.74, 6) is -0.426. The van der Waals surface area contributed by atoms with E-state index in [1.165, 1.54) is 22.4 Å². The van der Waals surface area contributed by atoms with Gasteiger partial charge in [0.05, 0.1) is 6.61 Å². The molecule has 0 fully saturated rings. The average molecular weight is 519 g/mol. The van der Waals surface area contributed by atoms with Crippen LogP contribution in [0.2, 0.25) is 0 Å². The van der Waals surface area contributed by atoms with Crippen molar-refractivity contribution in [1.29, 1.82) is 0 Å². The van der Waals surface area contributed by atoms with Crippen molar-refractivity contribution in [3.05, 3.63) is 126 Å². The number of fused-ring (bicyclic) bond motifs is 3. The number of nitrogens with one attached hydrogen (secondary N) is 2. The first-order valence-corrected chi connectivity index (χ1v) is 12.9. The molecule has 1 unspecified atom stereocenters. The van der Waals surface area contributed by atoms with Crippen LogP contribution in [0.1, 0.15) is 28.4 Å². The first-order valence-electron chi connectivity index (χ1n) is 12.9. The average Bonchev–Trinajstić information content (AvgIpc) is 3.32. The van der Waals surface area contributed by atoms with Gasteiger partial charge in [-0.1, -0.05) is 72.8 Å². The summed E-state index contributed by atoms with van der Waals surface area (Å²) in [7, 11) is 0. The topological polar surface area (TPSA) is 91.4 Å². The fraction of sp³-hybridized carbons (Fsp3) is 0.152. The third-order valence-electron chi connectivity index (χ3n) is 6.70. The van der Waals surface area contributed by atoms with Crippen molar-refractivity contribution in [3.63, 3.8) is 0 Å². The molecule has 0 aliphatic carbocycles. The lowest BCUT2D eigenvalue weighted by Gasteiger charge is -2.16. The maximum absolute atomic E-state index is 12.4. The first kappa shape index (κ1) is 25.8. The van der Waals surface area contributed by atoms with Crippen LogP contribution in [-0.2, 0) is 17.6 Å². The number of ketones is 1. The summed E-state index contributed by atoms with van der Waals surface area (Å²) in [5.41, 5.74) is 5.35. The van der Waals surface area contributed by atoms with Crippen molar-refractivity contribution in [2.24, 2.45) is 0 Å². The Kier molecular flexibility index (Phi) is 7.73. The van der Waals surface area contributed by atoms with Gasteiger partial charge in [0, 0.05) is 52.0 Å². The molecule has 6 heteroatoms. The minimum atomic E-state index is -0.984. The van der Waals surface area contributed by atoms with Gasteiger partial charge in [-0.25, -0.2) is 4.79 Å². The van der Waals surface area contributed by atoms with E-state index in [4.69, 9.17) is 4.74 Å². The highest BCUT2D eigenvalue weighted by atomic mass is 16.5. The summed E-state index contributed by atoms with van der Waals surface area (Å²) < 4.78 is 5.95. The van der Waals surface area contributed by atoms with E-state index >= 15 is 0 Å². The van der Waals surface area contributed by atoms with Crippen molar-refractivity contribution in [3.8, 4) is 5.75 Å². The largest absolute Gasteiger partial charge is 0.493 e. The van der Waals surface area contributed by atoms with Gasteiger partial charge in [0.1, 0.15) is 11.8 Å². The standard InChI is InChI=1S/C33H30N2O4/c1-22(19-32(36)25-7-3-2-4-8-25)34-31(33(37)38)21-23-11-14-26(15-12-23)39-18-17-24-13-16-28-27-9-5-6-10-29(27)35-30(28)20-24/h2-16,19-20,31,34-35H,17-18,21H2,1H3,(H,37,38). The second-order valence-corrected chi connectivity index (χ2v) is 9.59. The van der Waals surface area contributed by atoms with Crippen LogP contribution in [-0.4, -0.2) is 34.5 Å². The molecule has 0 saturated carbocycles. The van der Waals surface area contributed by atoms with Crippen LogP contribution in [0.25, 0.3) is 21.8 Å². The molecule has 6 nitrogen and oxygen atoms in total. The Hall–Kier alpha value is -4.84. The van der Waals surface area contributed by atoms with Crippen molar-refractivity contribution in [1.82, 2.24) is 10.3 Å². The maximum atomic E-state index is 12.4. The third kappa shape index (κ3) is 6.36. The second-order valence-electron chi connectivity index (χ2n) is 9.59. The Labute approximate surface area is 226 Å². The van der Waals surface area contributed by atoms with E-state index in [0.717, 1.165) is 28.8 Å². The molecule has 0 radical (unpaired) electrons. The van der Waals surface area contributed by atoms with Crippen LogP contribution >= 0.6 is 0 Å². The molecule has 0 bridgehead atoms. The van der Waals surface area contributed by atoms with E-state index in [-0.39, 0.29) is 12.2 Å². The fourth-order valence-corrected chi connectivity index (χ4v) is 4.70. The zero-order valence-electron chi connectivity index (χ0n) is 21.7. The van der Waals surface area contributed by atoms with Crippen LogP contribution in [0.4, 0.5) is 0 Å². The van der Waals surface area contributed by atoms with E-state index < -0.39 is 12.0 Å². The highest BCUT2D eigenvalue weighted by molar-refractivity contribution is 6.07. The number of ether oxygens (including phenoxy) is 1. The second kappa shape index (κ2) is 11.7. The van der Waals surface area contributed by atoms with E-state index in [1.54, 1.807) is 31.2 Å². The molecule has 5 rings (SSSR count). The van der Waals surface area contributed by atoms with Gasteiger partial charge in [-0.3, -0.25) is 4.79 Å². The van der Waals surface area contributed by atoms with Gasteiger partial charge in [0.25, 0.3) is 0 Å². The van der Waals surface area contributed by atoms with E-state index in [0.29, 0.717) is 17.9 Å². The van der Waals surface area contributed by atoms with Crippen molar-refractivity contribution < 1.29 is 19.4 Å². The predicted molar refractivity (Wildman–Crippen MR) is 154 cm³/mol. The van der Waals surface area contributed by atoms with Crippen LogP contribution in [0.15, 0.2) is 109 Å². The third-order valence-corrected chi connectivity index (χ3v) is 6.70. The Morgan fingerprint density at radius 3 is 2.33 bits per heavy atom. The number of para-hydroxylation sites is 1. The molecule has 39 heavy (non-hydrogen) atoms. The number of carboxylic acids is 1. The number of hydrogen-bond donors (Lipinski definition) is 3. The lowest BCUT2D eigenvalue weighted by Crippen LogP contribution is -2.37. The lowest BCUT2D eigenvalue weighted by molar-refractivity contribution is -0.139. The molecule has 0 amide bonds. The number of carboxylic acid groups (broad SMARTS) is 1. The molecular weight excluding hydrogens is 488 g/mol. The minimum absolute atomic E-state index is 0.174. The van der Waals surface area contributed by atoms with Gasteiger partial charge in [-0.15, -0.1) is 0 Å². The van der Waals surface area contributed by atoms with Gasteiger partial charge >= 0.3 is 5.97 Å². The highest BCUT2D eigenvalue weighted by Crippen LogP contribution is 2.26. The Morgan fingerprint density at radius 1 is 0.872 bits per heavy atom. The highest BCUT2D eigenvalue weighted by Gasteiger charge is 2.18. The number of allylic oxidation sites excluding steroid dienone is 2. The molecule has 0 saturated heterocycles. The number of aromatic nitrogens is 1. The summed E-state index contributed by atoms with van der Waals surface area (Å²) in [5, 5.41) is 15.1. The molecule has 4 aromatic carbocycles. The van der Waals surface area contributed by atoms with Crippen LogP contribution in [0.5, 0.6) is 5.75 Å². The summed E-state index contributed by atoms with van der Waals surface area (Å²) in [6.45, 7) is 2.23. The van der Waals surface area contributed by atoms with Gasteiger partial charge in [0.15, 0.2) is 5.78 Å². The number of benzene rings is 4. The number of aromatic amines is 1.